The number of rotatable bonds is 6. The van der Waals surface area contributed by atoms with Crippen LogP contribution in [-0.4, -0.2) is 68.6 Å². The first kappa shape index (κ1) is 26.0. The molecule has 1 aromatic carbocycles. The third-order valence-corrected chi connectivity index (χ3v) is 8.72. The summed E-state index contributed by atoms with van der Waals surface area (Å²) in [5.41, 5.74) is 3.73. The van der Waals surface area contributed by atoms with Crippen LogP contribution in [0.15, 0.2) is 36.7 Å². The number of halogens is 3. The number of aryl methyl sites for hydroxylation is 1. The Hall–Kier alpha value is -3.27. The van der Waals surface area contributed by atoms with Crippen molar-refractivity contribution in [1.82, 2.24) is 24.6 Å². The number of ketones is 1. The van der Waals surface area contributed by atoms with Crippen LogP contribution in [0.4, 0.5) is 13.2 Å². The molecular weight excluding hydrogens is 507 g/mol. The minimum Gasteiger partial charge on any atom is -0.334 e. The van der Waals surface area contributed by atoms with Crippen molar-refractivity contribution in [2.24, 2.45) is 18.4 Å². The Morgan fingerprint density at radius 2 is 1.77 bits per heavy atom. The van der Waals surface area contributed by atoms with E-state index < -0.39 is 12.1 Å². The van der Waals surface area contributed by atoms with Crippen LogP contribution in [0.25, 0.3) is 21.9 Å². The van der Waals surface area contributed by atoms with Crippen LogP contribution in [0.1, 0.15) is 43.5 Å². The predicted molar refractivity (Wildman–Crippen MR) is 140 cm³/mol. The van der Waals surface area contributed by atoms with Crippen molar-refractivity contribution in [3.8, 4) is 11.1 Å². The van der Waals surface area contributed by atoms with E-state index in [1.807, 2.05) is 30.1 Å². The van der Waals surface area contributed by atoms with Crippen LogP contribution in [0, 0.1) is 11.3 Å². The van der Waals surface area contributed by atoms with Gasteiger partial charge in [0.25, 0.3) is 0 Å². The van der Waals surface area contributed by atoms with Crippen molar-refractivity contribution in [3.63, 3.8) is 0 Å². The van der Waals surface area contributed by atoms with Crippen molar-refractivity contribution in [2.75, 3.05) is 26.2 Å². The van der Waals surface area contributed by atoms with E-state index in [9.17, 15) is 22.8 Å². The second kappa shape index (κ2) is 9.73. The molecule has 4 heterocycles. The number of carbonyl (C=O) groups is 2. The number of Topliss-reactive ketones (excluding diaryl/α,β-unsaturated/α-hetero) is 1. The molecule has 0 bridgehead atoms. The van der Waals surface area contributed by atoms with E-state index in [0.29, 0.717) is 18.5 Å². The first-order chi connectivity index (χ1) is 18.6. The van der Waals surface area contributed by atoms with Gasteiger partial charge in [-0.05, 0) is 61.9 Å². The van der Waals surface area contributed by atoms with Gasteiger partial charge in [0.15, 0.2) is 0 Å². The number of amides is 1. The zero-order chi connectivity index (χ0) is 27.4. The summed E-state index contributed by atoms with van der Waals surface area (Å²) in [6, 6.07) is 8.21. The van der Waals surface area contributed by atoms with E-state index in [1.165, 1.54) is 25.0 Å². The predicted octanol–water partition coefficient (Wildman–Crippen LogP) is 4.53. The number of benzene rings is 1. The Labute approximate surface area is 225 Å². The van der Waals surface area contributed by atoms with Gasteiger partial charge in [-0.3, -0.25) is 24.2 Å². The van der Waals surface area contributed by atoms with Gasteiger partial charge in [0, 0.05) is 67.3 Å². The highest BCUT2D eigenvalue weighted by molar-refractivity contribution is 5.89. The molecule has 1 saturated carbocycles. The van der Waals surface area contributed by atoms with Crippen molar-refractivity contribution < 1.29 is 22.8 Å². The standard InChI is InChI=1S/C29H32F3N5O2/c1-35-25(16-36-7-3-2-4-8-36)24(15-34-35)19-5-6-20-14-33-23(10-21(20)9-19)11-26(38)22-12-28(13-22)17-37(18-28)27(39)29(30,31)32/h5-6,9-10,14-15,22H,2-4,7-8,11-13,16-18H2,1H3. The Morgan fingerprint density at radius 3 is 2.49 bits per heavy atom. The smallest absolute Gasteiger partial charge is 0.334 e. The van der Waals surface area contributed by atoms with E-state index in [-0.39, 0.29) is 36.6 Å². The molecular formula is C29H32F3N5O2. The van der Waals surface area contributed by atoms with Gasteiger partial charge in [0.2, 0.25) is 0 Å². The van der Waals surface area contributed by atoms with Gasteiger partial charge in [-0.25, -0.2) is 0 Å². The number of hydrogen-bond acceptors (Lipinski definition) is 5. The average molecular weight is 540 g/mol. The van der Waals surface area contributed by atoms with Crippen molar-refractivity contribution in [2.45, 2.75) is 51.2 Å². The minimum absolute atomic E-state index is 0.0558. The van der Waals surface area contributed by atoms with Gasteiger partial charge in [-0.15, -0.1) is 0 Å². The number of carbonyl (C=O) groups excluding carboxylic acids is 2. The van der Waals surface area contributed by atoms with Gasteiger partial charge in [-0.2, -0.15) is 18.3 Å². The third kappa shape index (κ3) is 5.06. The number of alkyl halides is 3. The summed E-state index contributed by atoms with van der Waals surface area (Å²) in [6.07, 6.45) is 3.88. The molecule has 0 N–H and O–H groups in total. The maximum atomic E-state index is 12.9. The first-order valence-corrected chi connectivity index (χ1v) is 13.6. The summed E-state index contributed by atoms with van der Waals surface area (Å²) in [5.74, 6) is -1.92. The van der Waals surface area contributed by atoms with Crippen LogP contribution in [0.3, 0.4) is 0 Å². The van der Waals surface area contributed by atoms with Gasteiger partial charge >= 0.3 is 12.1 Å². The van der Waals surface area contributed by atoms with E-state index in [2.05, 4.69) is 27.1 Å². The molecule has 0 radical (unpaired) electrons. The molecule has 6 rings (SSSR count). The number of piperidine rings is 1. The Bertz CT molecular complexity index is 1410. The van der Waals surface area contributed by atoms with Crippen LogP contribution < -0.4 is 0 Å². The topological polar surface area (TPSA) is 71.3 Å². The molecule has 3 fully saturated rings. The summed E-state index contributed by atoms with van der Waals surface area (Å²) in [7, 11) is 1.98. The molecule has 2 aromatic heterocycles. The summed E-state index contributed by atoms with van der Waals surface area (Å²) >= 11 is 0. The minimum atomic E-state index is -4.84. The lowest BCUT2D eigenvalue weighted by molar-refractivity contribution is -0.203. The summed E-state index contributed by atoms with van der Waals surface area (Å²) < 4.78 is 39.9. The fourth-order valence-electron chi connectivity index (χ4n) is 6.55. The highest BCUT2D eigenvalue weighted by Crippen LogP contribution is 2.53. The first-order valence-electron chi connectivity index (χ1n) is 13.6. The van der Waals surface area contributed by atoms with Crippen LogP contribution in [0.5, 0.6) is 0 Å². The SMILES string of the molecule is Cn1ncc(-c2ccc3cnc(CC(=O)C4CC5(C4)CN(C(=O)C(F)(F)F)C5)cc3c2)c1CN1CCCCC1. The van der Waals surface area contributed by atoms with E-state index in [1.54, 1.807) is 6.20 Å². The van der Waals surface area contributed by atoms with Crippen LogP contribution >= 0.6 is 0 Å². The zero-order valence-electron chi connectivity index (χ0n) is 22.0. The van der Waals surface area contributed by atoms with Crippen LogP contribution in [0.2, 0.25) is 0 Å². The molecule has 1 aliphatic carbocycles. The molecule has 0 unspecified atom stereocenters. The number of pyridine rings is 1. The molecule has 2 aliphatic heterocycles. The third-order valence-electron chi connectivity index (χ3n) is 8.72. The van der Waals surface area contributed by atoms with Crippen molar-refractivity contribution in [1.29, 1.82) is 0 Å². The second-order valence-electron chi connectivity index (χ2n) is 11.6. The van der Waals surface area contributed by atoms with Gasteiger partial charge < -0.3 is 4.90 Å². The summed E-state index contributed by atoms with van der Waals surface area (Å²) in [5, 5.41) is 6.53. The zero-order valence-corrected chi connectivity index (χ0v) is 22.0. The highest BCUT2D eigenvalue weighted by Gasteiger charge is 2.58. The molecule has 1 spiro atoms. The van der Waals surface area contributed by atoms with E-state index >= 15 is 0 Å². The maximum absolute atomic E-state index is 12.9. The molecule has 206 valence electrons. The Balaban J connectivity index is 1.12. The van der Waals surface area contributed by atoms with Crippen molar-refractivity contribution in [3.05, 3.63) is 48.0 Å². The number of likely N-dealkylation sites (tertiary alicyclic amines) is 2. The lowest BCUT2D eigenvalue weighted by Crippen LogP contribution is -2.66. The molecule has 2 saturated heterocycles. The Kier molecular flexibility index (Phi) is 6.48. The molecule has 39 heavy (non-hydrogen) atoms. The second-order valence-corrected chi connectivity index (χ2v) is 11.6. The van der Waals surface area contributed by atoms with Crippen molar-refractivity contribution >= 4 is 22.5 Å². The summed E-state index contributed by atoms with van der Waals surface area (Å²) in [6.45, 7) is 3.25. The molecule has 0 atom stereocenters. The fraction of sp³-hybridized carbons (Fsp3) is 0.517. The van der Waals surface area contributed by atoms with E-state index in [4.69, 9.17) is 0 Å². The van der Waals surface area contributed by atoms with Gasteiger partial charge in [0.1, 0.15) is 5.78 Å². The largest absolute Gasteiger partial charge is 0.471 e. The molecule has 3 aliphatic rings. The normalized spacial score (nSPS) is 19.7. The van der Waals surface area contributed by atoms with Gasteiger partial charge in [0.05, 0.1) is 11.9 Å². The quantitative estimate of drug-likeness (QED) is 0.460. The molecule has 3 aromatic rings. The fourth-order valence-corrected chi connectivity index (χ4v) is 6.55. The number of hydrogen-bond donors (Lipinski definition) is 0. The molecule has 1 amide bonds. The maximum Gasteiger partial charge on any atom is 0.471 e. The number of aromatic nitrogens is 3. The van der Waals surface area contributed by atoms with Crippen LogP contribution in [-0.2, 0) is 29.6 Å². The number of nitrogens with zero attached hydrogens (tertiary/aromatic N) is 5. The van der Waals surface area contributed by atoms with E-state index in [0.717, 1.165) is 46.4 Å². The Morgan fingerprint density at radius 1 is 1.03 bits per heavy atom. The average Bonchev–Trinajstić information content (AvgIpc) is 3.21. The molecule has 7 nitrogen and oxygen atoms in total. The number of fused-ring (bicyclic) bond motifs is 1. The monoisotopic (exact) mass is 539 g/mol. The highest BCUT2D eigenvalue weighted by atomic mass is 19.4. The molecule has 10 heteroatoms. The lowest BCUT2D eigenvalue weighted by Gasteiger charge is -2.58. The van der Waals surface area contributed by atoms with Gasteiger partial charge in [-0.1, -0.05) is 18.6 Å². The summed E-state index contributed by atoms with van der Waals surface area (Å²) in [4.78, 5) is 32.1. The lowest BCUT2D eigenvalue weighted by atomic mass is 9.56.